The first-order valence-electron chi connectivity index (χ1n) is 6.95. The van der Waals surface area contributed by atoms with Gasteiger partial charge in [0.2, 0.25) is 5.91 Å². The lowest BCUT2D eigenvalue weighted by Crippen LogP contribution is -2.25. The largest absolute Gasteiger partial charge is 0.493 e. The Morgan fingerprint density at radius 3 is 2.71 bits per heavy atom. The van der Waals surface area contributed by atoms with Gasteiger partial charge in [0, 0.05) is 17.4 Å². The maximum atomic E-state index is 11.5. The van der Waals surface area contributed by atoms with Crippen LogP contribution < -0.4 is 10.1 Å². The van der Waals surface area contributed by atoms with E-state index in [-0.39, 0.29) is 12.3 Å². The first-order chi connectivity index (χ1) is 10.1. The number of carbonyl (C=O) groups excluding carboxylic acids is 1. The van der Waals surface area contributed by atoms with Gasteiger partial charge in [0.15, 0.2) is 0 Å². The summed E-state index contributed by atoms with van der Waals surface area (Å²) in [5, 5.41) is 11.3. The molecule has 1 aromatic rings. The summed E-state index contributed by atoms with van der Waals surface area (Å²) in [6.45, 7) is 0.913. The minimum atomic E-state index is -0.774. The van der Waals surface area contributed by atoms with Gasteiger partial charge >= 0.3 is 5.97 Å². The molecular formula is C15H20BrNO4. The number of nitrogens with one attached hydrogen (secondary N) is 1. The predicted octanol–water partition coefficient (Wildman–Crippen LogP) is 2.98. The van der Waals surface area contributed by atoms with Gasteiger partial charge < -0.3 is 15.2 Å². The second-order valence-corrected chi connectivity index (χ2v) is 5.53. The van der Waals surface area contributed by atoms with Crippen LogP contribution in [0.15, 0.2) is 28.7 Å². The molecule has 1 aromatic carbocycles. The lowest BCUT2D eigenvalue weighted by Gasteiger charge is -2.07. The summed E-state index contributed by atoms with van der Waals surface area (Å²) in [5.41, 5.74) is 0. The molecule has 0 saturated heterocycles. The molecule has 0 saturated carbocycles. The van der Waals surface area contributed by atoms with Crippen LogP contribution in [0.1, 0.15) is 32.1 Å². The number of aliphatic carboxylic acids is 1. The second-order valence-electron chi connectivity index (χ2n) is 4.61. The van der Waals surface area contributed by atoms with Crippen LogP contribution in [-0.2, 0) is 9.59 Å². The molecular weight excluding hydrogens is 338 g/mol. The van der Waals surface area contributed by atoms with Crippen LogP contribution in [0.3, 0.4) is 0 Å². The van der Waals surface area contributed by atoms with Crippen LogP contribution in [0.25, 0.3) is 0 Å². The summed E-state index contributed by atoms with van der Waals surface area (Å²) < 4.78 is 6.41. The fourth-order valence-corrected chi connectivity index (χ4v) is 2.09. The molecule has 1 rings (SSSR count). The number of amides is 1. The van der Waals surface area contributed by atoms with Gasteiger partial charge in [-0.05, 0) is 31.0 Å². The molecule has 2 N–H and O–H groups in total. The average Bonchev–Trinajstić information content (AvgIpc) is 2.42. The number of hydrogen-bond acceptors (Lipinski definition) is 3. The average molecular weight is 358 g/mol. The Bertz CT molecular complexity index is 465. The van der Waals surface area contributed by atoms with Crippen molar-refractivity contribution >= 4 is 27.8 Å². The zero-order chi connectivity index (χ0) is 15.5. The van der Waals surface area contributed by atoms with Crippen molar-refractivity contribution in [3.63, 3.8) is 0 Å². The summed E-state index contributed by atoms with van der Waals surface area (Å²) in [7, 11) is 0. The minimum absolute atomic E-state index is 0.0526. The third-order valence-electron chi connectivity index (χ3n) is 2.78. The molecule has 0 aliphatic heterocycles. The Morgan fingerprint density at radius 1 is 1.19 bits per heavy atom. The highest BCUT2D eigenvalue weighted by Gasteiger charge is 2.02. The van der Waals surface area contributed by atoms with Gasteiger partial charge in [-0.2, -0.15) is 0 Å². The molecule has 0 fully saturated rings. The van der Waals surface area contributed by atoms with Gasteiger partial charge in [0.05, 0.1) is 13.0 Å². The fraction of sp³-hybridized carbons (Fsp3) is 0.467. The van der Waals surface area contributed by atoms with E-state index in [0.29, 0.717) is 26.0 Å². The number of carboxylic acids is 1. The maximum Gasteiger partial charge on any atom is 0.303 e. The number of hydrogen-bond donors (Lipinski definition) is 2. The van der Waals surface area contributed by atoms with Gasteiger partial charge in [-0.25, -0.2) is 0 Å². The van der Waals surface area contributed by atoms with E-state index in [1.165, 1.54) is 0 Å². The van der Waals surface area contributed by atoms with E-state index in [1.807, 2.05) is 24.3 Å². The number of halogens is 1. The van der Waals surface area contributed by atoms with E-state index >= 15 is 0 Å². The Balaban J connectivity index is 2.02. The first-order valence-corrected chi connectivity index (χ1v) is 7.74. The monoisotopic (exact) mass is 357 g/mol. The predicted molar refractivity (Wildman–Crippen MR) is 83.4 cm³/mol. The quantitative estimate of drug-likeness (QED) is 0.631. The molecule has 0 aliphatic rings. The van der Waals surface area contributed by atoms with Gasteiger partial charge in [0.1, 0.15) is 5.75 Å². The van der Waals surface area contributed by atoms with Crippen molar-refractivity contribution in [3.8, 4) is 5.75 Å². The van der Waals surface area contributed by atoms with Crippen LogP contribution in [0.2, 0.25) is 0 Å². The van der Waals surface area contributed by atoms with E-state index < -0.39 is 5.97 Å². The lowest BCUT2D eigenvalue weighted by molar-refractivity contribution is -0.137. The molecule has 21 heavy (non-hydrogen) atoms. The summed E-state index contributed by atoms with van der Waals surface area (Å²) in [4.78, 5) is 21.9. The van der Waals surface area contributed by atoms with Crippen LogP contribution in [0, 0.1) is 0 Å². The number of benzene rings is 1. The standard InChI is InChI=1S/C15H20BrNO4/c16-12-5-4-6-13(11-12)21-10-8-14(18)17-9-3-1-2-7-15(19)20/h4-6,11H,1-3,7-10H2,(H,17,18)(H,19,20). The molecule has 5 nitrogen and oxygen atoms in total. The topological polar surface area (TPSA) is 75.6 Å². The van der Waals surface area contributed by atoms with Gasteiger partial charge in [-0.3, -0.25) is 9.59 Å². The van der Waals surface area contributed by atoms with Crippen molar-refractivity contribution in [1.82, 2.24) is 5.32 Å². The van der Waals surface area contributed by atoms with Crippen LogP contribution in [-0.4, -0.2) is 30.1 Å². The molecule has 0 heterocycles. The third-order valence-corrected chi connectivity index (χ3v) is 3.28. The Hall–Kier alpha value is -1.56. The Labute approximate surface area is 132 Å². The number of rotatable bonds is 10. The zero-order valence-corrected chi connectivity index (χ0v) is 13.4. The SMILES string of the molecule is O=C(O)CCCCCNC(=O)CCOc1cccc(Br)c1. The van der Waals surface area contributed by atoms with Crippen molar-refractivity contribution < 1.29 is 19.4 Å². The minimum Gasteiger partial charge on any atom is -0.493 e. The van der Waals surface area contributed by atoms with Gasteiger partial charge in [0.25, 0.3) is 0 Å². The van der Waals surface area contributed by atoms with Crippen molar-refractivity contribution in [2.24, 2.45) is 0 Å². The molecule has 1 amide bonds. The molecule has 0 spiro atoms. The molecule has 0 unspecified atom stereocenters. The number of carboxylic acid groups (broad SMARTS) is 1. The van der Waals surface area contributed by atoms with Crippen molar-refractivity contribution in [2.45, 2.75) is 32.1 Å². The van der Waals surface area contributed by atoms with E-state index in [0.717, 1.165) is 23.1 Å². The summed E-state index contributed by atoms with van der Waals surface area (Å²) >= 11 is 3.35. The normalized spacial score (nSPS) is 10.1. The molecule has 0 aromatic heterocycles. The van der Waals surface area contributed by atoms with E-state index in [2.05, 4.69) is 21.2 Å². The highest BCUT2D eigenvalue weighted by Crippen LogP contribution is 2.17. The number of unbranched alkanes of at least 4 members (excludes halogenated alkanes) is 2. The zero-order valence-electron chi connectivity index (χ0n) is 11.8. The van der Waals surface area contributed by atoms with E-state index in [1.54, 1.807) is 0 Å². The molecule has 0 aliphatic carbocycles. The summed E-state index contributed by atoms with van der Waals surface area (Å²) in [6, 6.07) is 7.46. The van der Waals surface area contributed by atoms with E-state index in [4.69, 9.17) is 9.84 Å². The van der Waals surface area contributed by atoms with Crippen LogP contribution in [0.4, 0.5) is 0 Å². The molecule has 116 valence electrons. The van der Waals surface area contributed by atoms with Crippen LogP contribution in [0.5, 0.6) is 5.75 Å². The summed E-state index contributed by atoms with van der Waals surface area (Å²) in [5.74, 6) is -0.0992. The molecule has 0 bridgehead atoms. The molecule has 0 radical (unpaired) electrons. The van der Waals surface area contributed by atoms with Crippen molar-refractivity contribution in [1.29, 1.82) is 0 Å². The van der Waals surface area contributed by atoms with Crippen molar-refractivity contribution in [2.75, 3.05) is 13.2 Å². The first kappa shape index (κ1) is 17.5. The van der Waals surface area contributed by atoms with E-state index in [9.17, 15) is 9.59 Å². The Kier molecular flexibility index (Phi) is 8.50. The fourth-order valence-electron chi connectivity index (χ4n) is 1.71. The summed E-state index contributed by atoms with van der Waals surface area (Å²) in [6.07, 6.45) is 2.75. The smallest absolute Gasteiger partial charge is 0.303 e. The highest BCUT2D eigenvalue weighted by molar-refractivity contribution is 9.10. The number of ether oxygens (including phenoxy) is 1. The third kappa shape index (κ3) is 9.07. The van der Waals surface area contributed by atoms with Crippen molar-refractivity contribution in [3.05, 3.63) is 28.7 Å². The second kappa shape index (κ2) is 10.2. The Morgan fingerprint density at radius 2 is 2.00 bits per heavy atom. The lowest BCUT2D eigenvalue weighted by atomic mass is 10.2. The molecule has 0 atom stereocenters. The van der Waals surface area contributed by atoms with Gasteiger partial charge in [-0.15, -0.1) is 0 Å². The maximum absolute atomic E-state index is 11.5. The van der Waals surface area contributed by atoms with Crippen LogP contribution >= 0.6 is 15.9 Å². The number of carbonyl (C=O) groups is 2. The van der Waals surface area contributed by atoms with Gasteiger partial charge in [-0.1, -0.05) is 28.4 Å². The molecule has 6 heteroatoms. The highest BCUT2D eigenvalue weighted by atomic mass is 79.9.